The van der Waals surface area contributed by atoms with Crippen molar-refractivity contribution in [3.05, 3.63) is 29.1 Å². The molecule has 4 nitrogen and oxygen atoms in total. The molecule has 2 aromatic rings. The molecule has 0 unspecified atom stereocenters. The molecule has 1 fully saturated rings. The molecule has 1 aliphatic rings. The van der Waals surface area contributed by atoms with E-state index in [4.69, 9.17) is 4.98 Å². The second-order valence-corrected chi connectivity index (χ2v) is 11.0. The smallest absolute Gasteiger partial charge is 0.133 e. The fraction of sp³-hybridized carbons (Fsp3) is 0.680. The number of aryl methyl sites for hydroxylation is 2. The molecule has 160 valence electrons. The van der Waals surface area contributed by atoms with E-state index in [2.05, 4.69) is 39.2 Å². The predicted molar refractivity (Wildman–Crippen MR) is 119 cm³/mol. The number of carbonyl (C=O) groups is 1. The van der Waals surface area contributed by atoms with Crippen LogP contribution < -0.4 is 0 Å². The topological polar surface area (TPSA) is 55.1 Å². The van der Waals surface area contributed by atoms with Gasteiger partial charge in [-0.15, -0.1) is 0 Å². The van der Waals surface area contributed by atoms with Gasteiger partial charge in [-0.2, -0.15) is 0 Å². The quantitative estimate of drug-likeness (QED) is 0.641. The van der Waals surface area contributed by atoms with Crippen LogP contribution in [0.4, 0.5) is 0 Å². The number of nitrogens with zero attached hydrogens (tertiary/aromatic N) is 2. The van der Waals surface area contributed by atoms with E-state index in [9.17, 15) is 9.90 Å². The number of aromatic nitrogens is 2. The first-order valence-corrected chi connectivity index (χ1v) is 11.1. The van der Waals surface area contributed by atoms with Crippen molar-refractivity contribution in [1.29, 1.82) is 0 Å². The fourth-order valence-electron chi connectivity index (χ4n) is 4.82. The molecule has 0 aliphatic heterocycles. The van der Waals surface area contributed by atoms with Crippen LogP contribution in [0.2, 0.25) is 0 Å². The summed E-state index contributed by atoms with van der Waals surface area (Å²) in [6.07, 6.45) is 6.45. The average molecular weight is 399 g/mol. The van der Waals surface area contributed by atoms with E-state index in [1.54, 1.807) is 0 Å². The Labute approximate surface area is 175 Å². The Bertz CT molecular complexity index is 906. The molecule has 1 aromatic heterocycles. The molecule has 3 rings (SSSR count). The van der Waals surface area contributed by atoms with Gasteiger partial charge in [0, 0.05) is 24.8 Å². The van der Waals surface area contributed by atoms with Gasteiger partial charge in [-0.3, -0.25) is 4.79 Å². The van der Waals surface area contributed by atoms with Crippen molar-refractivity contribution in [1.82, 2.24) is 9.55 Å². The summed E-state index contributed by atoms with van der Waals surface area (Å²) >= 11 is 0. The number of rotatable bonds is 7. The van der Waals surface area contributed by atoms with Crippen LogP contribution in [0.15, 0.2) is 12.1 Å². The highest BCUT2D eigenvalue weighted by Gasteiger charge is 2.37. The summed E-state index contributed by atoms with van der Waals surface area (Å²) in [4.78, 5) is 17.3. The van der Waals surface area contributed by atoms with Crippen LogP contribution in [0.5, 0.6) is 0 Å². The first kappa shape index (κ1) is 22.0. The normalized spacial score (nSPS) is 16.8. The molecular formula is C25H38N2O2. The molecule has 1 saturated carbocycles. The van der Waals surface area contributed by atoms with Gasteiger partial charge in [-0.05, 0) is 76.0 Å². The summed E-state index contributed by atoms with van der Waals surface area (Å²) in [5.74, 6) is 1.43. The minimum absolute atomic E-state index is 0.0499. The van der Waals surface area contributed by atoms with Crippen molar-refractivity contribution in [2.75, 3.05) is 0 Å². The molecule has 1 aliphatic carbocycles. The van der Waals surface area contributed by atoms with Crippen molar-refractivity contribution in [3.63, 3.8) is 0 Å². The maximum absolute atomic E-state index is 12.3. The molecule has 0 saturated heterocycles. The lowest BCUT2D eigenvalue weighted by molar-refractivity contribution is -0.120. The van der Waals surface area contributed by atoms with Gasteiger partial charge in [-0.25, -0.2) is 4.98 Å². The number of hydrogen-bond acceptors (Lipinski definition) is 3. The molecule has 0 radical (unpaired) electrons. The number of Topliss-reactive ketones (excluding diaryl/α,β-unsaturated/α-hetero) is 1. The second kappa shape index (κ2) is 7.54. The van der Waals surface area contributed by atoms with E-state index in [-0.39, 0.29) is 11.0 Å². The lowest BCUT2D eigenvalue weighted by atomic mass is 9.77. The minimum atomic E-state index is -0.882. The maximum Gasteiger partial charge on any atom is 0.133 e. The van der Waals surface area contributed by atoms with Gasteiger partial charge < -0.3 is 9.67 Å². The van der Waals surface area contributed by atoms with Crippen LogP contribution in [-0.2, 0) is 22.4 Å². The third kappa shape index (κ3) is 4.58. The molecule has 0 spiro atoms. The molecule has 0 amide bonds. The monoisotopic (exact) mass is 398 g/mol. The van der Waals surface area contributed by atoms with E-state index in [1.165, 1.54) is 6.42 Å². The summed E-state index contributed by atoms with van der Waals surface area (Å²) in [6, 6.07) is 4.05. The van der Waals surface area contributed by atoms with Crippen LogP contribution in [0.3, 0.4) is 0 Å². The van der Waals surface area contributed by atoms with E-state index < -0.39 is 5.60 Å². The lowest BCUT2D eigenvalue weighted by Gasteiger charge is -2.42. The van der Waals surface area contributed by atoms with Crippen molar-refractivity contribution in [3.8, 4) is 0 Å². The van der Waals surface area contributed by atoms with Crippen LogP contribution in [-0.4, -0.2) is 20.4 Å². The number of ketones is 1. The zero-order valence-electron chi connectivity index (χ0n) is 19.4. The molecule has 1 aromatic carbocycles. The summed E-state index contributed by atoms with van der Waals surface area (Å²) in [5.41, 5.74) is 3.48. The third-order valence-corrected chi connectivity index (χ3v) is 6.35. The van der Waals surface area contributed by atoms with Crippen molar-refractivity contribution in [2.24, 2.45) is 5.41 Å². The molecule has 4 heteroatoms. The number of aliphatic hydroxyl groups is 1. The Hall–Kier alpha value is -1.68. The first-order chi connectivity index (χ1) is 13.3. The number of fused-ring (bicyclic) bond motifs is 1. The highest BCUT2D eigenvalue weighted by atomic mass is 16.3. The number of carbonyl (C=O) groups excluding carboxylic acids is 1. The Kier molecular flexibility index (Phi) is 5.72. The zero-order valence-corrected chi connectivity index (χ0v) is 19.4. The first-order valence-electron chi connectivity index (χ1n) is 11.1. The number of benzene rings is 1. The number of imidazole rings is 1. The third-order valence-electron chi connectivity index (χ3n) is 6.35. The highest BCUT2D eigenvalue weighted by molar-refractivity contribution is 5.82. The van der Waals surface area contributed by atoms with Gasteiger partial charge in [-0.1, -0.05) is 26.8 Å². The zero-order chi connectivity index (χ0) is 21.6. The van der Waals surface area contributed by atoms with E-state index in [1.807, 2.05) is 26.0 Å². The van der Waals surface area contributed by atoms with E-state index in [0.29, 0.717) is 18.6 Å². The molecule has 0 atom stereocenters. The standard InChI is InChI=1S/C25H38N2O2/c1-17-19(24(5,6)29)12-13-20-22(17)27(25(7)14-9-15-25)21(26-20)11-8-10-18(28)16-23(2,3)4/h12-13,29H,8-11,14-16H2,1-7H3. The van der Waals surface area contributed by atoms with Gasteiger partial charge in [0.2, 0.25) is 0 Å². The van der Waals surface area contributed by atoms with Crippen molar-refractivity contribution in [2.45, 2.75) is 105 Å². The van der Waals surface area contributed by atoms with E-state index >= 15 is 0 Å². The Morgan fingerprint density at radius 2 is 1.86 bits per heavy atom. The lowest BCUT2D eigenvalue weighted by Crippen LogP contribution is -2.38. The largest absolute Gasteiger partial charge is 0.386 e. The van der Waals surface area contributed by atoms with Crippen molar-refractivity contribution < 1.29 is 9.90 Å². The average Bonchev–Trinajstić information content (AvgIpc) is 2.89. The Morgan fingerprint density at radius 3 is 2.38 bits per heavy atom. The van der Waals surface area contributed by atoms with Gasteiger partial charge in [0.05, 0.1) is 16.6 Å². The molecule has 29 heavy (non-hydrogen) atoms. The Morgan fingerprint density at radius 1 is 1.21 bits per heavy atom. The highest BCUT2D eigenvalue weighted by Crippen LogP contribution is 2.43. The molecular weight excluding hydrogens is 360 g/mol. The molecule has 1 N–H and O–H groups in total. The van der Waals surface area contributed by atoms with Gasteiger partial charge in [0.15, 0.2) is 0 Å². The summed E-state index contributed by atoms with van der Waals surface area (Å²) < 4.78 is 2.44. The van der Waals surface area contributed by atoms with Gasteiger partial charge >= 0.3 is 0 Å². The van der Waals surface area contributed by atoms with E-state index in [0.717, 1.165) is 53.7 Å². The van der Waals surface area contributed by atoms with Crippen LogP contribution >= 0.6 is 0 Å². The van der Waals surface area contributed by atoms with Crippen LogP contribution in [0.1, 0.15) is 97.0 Å². The van der Waals surface area contributed by atoms with Gasteiger partial charge in [0.25, 0.3) is 0 Å². The predicted octanol–water partition coefficient (Wildman–Crippen LogP) is 5.80. The second-order valence-electron chi connectivity index (χ2n) is 11.0. The van der Waals surface area contributed by atoms with Crippen LogP contribution in [0, 0.1) is 12.3 Å². The van der Waals surface area contributed by atoms with Crippen molar-refractivity contribution >= 4 is 16.8 Å². The summed E-state index contributed by atoms with van der Waals surface area (Å²) in [5, 5.41) is 10.6. The molecule has 0 bridgehead atoms. The Balaban J connectivity index is 1.94. The maximum atomic E-state index is 12.3. The summed E-state index contributed by atoms with van der Waals surface area (Å²) in [6.45, 7) is 14.5. The minimum Gasteiger partial charge on any atom is -0.386 e. The van der Waals surface area contributed by atoms with Gasteiger partial charge in [0.1, 0.15) is 11.6 Å². The number of hydrogen-bond donors (Lipinski definition) is 1. The SMILES string of the molecule is Cc1c(C(C)(C)O)ccc2nc(CCCC(=O)CC(C)(C)C)n(C3(C)CCC3)c12. The fourth-order valence-corrected chi connectivity index (χ4v) is 4.82. The van der Waals surface area contributed by atoms with Crippen LogP contribution in [0.25, 0.3) is 11.0 Å². The summed E-state index contributed by atoms with van der Waals surface area (Å²) in [7, 11) is 0. The molecule has 1 heterocycles.